The second kappa shape index (κ2) is 3.55. The standard InChI is InChI=1S/C9H8F4O/c1-5(14)6-2-7(9(11,12)13)4-8(10)3-6/h2,4,6H,3H2,1H3. The van der Waals surface area contributed by atoms with Gasteiger partial charge in [-0.3, -0.25) is 4.79 Å². The van der Waals surface area contributed by atoms with Crippen molar-refractivity contribution >= 4 is 5.78 Å². The van der Waals surface area contributed by atoms with Gasteiger partial charge in [0.25, 0.3) is 0 Å². The molecular weight excluding hydrogens is 200 g/mol. The lowest BCUT2D eigenvalue weighted by atomic mass is 9.92. The number of allylic oxidation sites excluding steroid dienone is 4. The zero-order valence-electron chi connectivity index (χ0n) is 7.36. The topological polar surface area (TPSA) is 17.1 Å². The van der Waals surface area contributed by atoms with Crippen LogP contribution in [0, 0.1) is 5.92 Å². The molecule has 0 saturated heterocycles. The smallest absolute Gasteiger partial charge is 0.299 e. The van der Waals surface area contributed by atoms with Crippen LogP contribution in [0.5, 0.6) is 0 Å². The predicted octanol–water partition coefficient (Wildman–Crippen LogP) is 2.94. The number of rotatable bonds is 1. The first-order valence-electron chi connectivity index (χ1n) is 3.96. The van der Waals surface area contributed by atoms with E-state index in [0.29, 0.717) is 6.08 Å². The fraction of sp³-hybridized carbons (Fsp3) is 0.444. The highest BCUT2D eigenvalue weighted by Gasteiger charge is 2.35. The molecule has 0 fully saturated rings. The third-order valence-corrected chi connectivity index (χ3v) is 1.96. The lowest BCUT2D eigenvalue weighted by Gasteiger charge is -2.17. The van der Waals surface area contributed by atoms with Crippen molar-refractivity contribution in [1.82, 2.24) is 0 Å². The summed E-state index contributed by atoms with van der Waals surface area (Å²) >= 11 is 0. The summed E-state index contributed by atoms with van der Waals surface area (Å²) < 4.78 is 49.2. The van der Waals surface area contributed by atoms with E-state index in [-0.39, 0.29) is 6.42 Å². The van der Waals surface area contributed by atoms with Crippen molar-refractivity contribution in [2.75, 3.05) is 0 Å². The van der Waals surface area contributed by atoms with Crippen molar-refractivity contribution in [2.45, 2.75) is 19.5 Å². The summed E-state index contributed by atoms with van der Waals surface area (Å²) in [7, 11) is 0. The largest absolute Gasteiger partial charge is 0.416 e. The van der Waals surface area contributed by atoms with Crippen LogP contribution in [0.15, 0.2) is 23.6 Å². The molecule has 0 aromatic heterocycles. The minimum absolute atomic E-state index is 0.269. The molecule has 1 nitrogen and oxygen atoms in total. The number of hydrogen-bond acceptors (Lipinski definition) is 1. The summed E-state index contributed by atoms with van der Waals surface area (Å²) in [6.45, 7) is 1.15. The van der Waals surface area contributed by atoms with Gasteiger partial charge >= 0.3 is 6.18 Å². The van der Waals surface area contributed by atoms with Crippen molar-refractivity contribution in [3.8, 4) is 0 Å². The first kappa shape index (κ1) is 10.9. The molecule has 1 rings (SSSR count). The van der Waals surface area contributed by atoms with Gasteiger partial charge < -0.3 is 0 Å². The molecular formula is C9H8F4O. The van der Waals surface area contributed by atoms with Crippen LogP contribution in [-0.4, -0.2) is 12.0 Å². The minimum Gasteiger partial charge on any atom is -0.299 e. The number of halogens is 4. The summed E-state index contributed by atoms with van der Waals surface area (Å²) in [5.41, 5.74) is -1.08. The van der Waals surface area contributed by atoms with Gasteiger partial charge in [0.05, 0.1) is 5.57 Å². The fourth-order valence-corrected chi connectivity index (χ4v) is 1.20. The molecule has 14 heavy (non-hydrogen) atoms. The van der Waals surface area contributed by atoms with Crippen LogP contribution in [0.1, 0.15) is 13.3 Å². The Balaban J connectivity index is 2.99. The van der Waals surface area contributed by atoms with E-state index in [0.717, 1.165) is 13.0 Å². The van der Waals surface area contributed by atoms with Gasteiger partial charge in [0.2, 0.25) is 0 Å². The molecule has 0 N–H and O–H groups in total. The Labute approximate surface area is 78.1 Å². The van der Waals surface area contributed by atoms with E-state index in [2.05, 4.69) is 0 Å². The van der Waals surface area contributed by atoms with E-state index in [1.165, 1.54) is 0 Å². The Morgan fingerprint density at radius 2 is 2.07 bits per heavy atom. The van der Waals surface area contributed by atoms with Gasteiger partial charge in [-0.1, -0.05) is 6.08 Å². The Bertz CT molecular complexity index is 311. The SMILES string of the molecule is CC(=O)C1C=C(C(F)(F)F)C=C(F)C1. The molecule has 0 heterocycles. The average Bonchev–Trinajstić information content (AvgIpc) is 2.01. The summed E-state index contributed by atoms with van der Waals surface area (Å²) in [5.74, 6) is -2.35. The van der Waals surface area contributed by atoms with Crippen molar-refractivity contribution < 1.29 is 22.4 Å². The van der Waals surface area contributed by atoms with E-state index < -0.39 is 29.3 Å². The van der Waals surface area contributed by atoms with E-state index in [1.54, 1.807) is 0 Å². The highest BCUT2D eigenvalue weighted by atomic mass is 19.4. The summed E-state index contributed by atoms with van der Waals surface area (Å²) in [4.78, 5) is 10.8. The van der Waals surface area contributed by atoms with E-state index in [4.69, 9.17) is 0 Å². The molecule has 1 aliphatic rings. The molecule has 1 atom stereocenters. The summed E-state index contributed by atoms with van der Waals surface area (Å²) in [6.07, 6.45) is -3.66. The van der Waals surface area contributed by atoms with E-state index in [1.807, 2.05) is 0 Å². The molecule has 1 aliphatic carbocycles. The molecule has 0 amide bonds. The minimum atomic E-state index is -4.59. The zero-order chi connectivity index (χ0) is 10.9. The number of hydrogen-bond donors (Lipinski definition) is 0. The average molecular weight is 208 g/mol. The highest BCUT2D eigenvalue weighted by Crippen LogP contribution is 2.34. The van der Waals surface area contributed by atoms with Gasteiger partial charge in [-0.05, 0) is 13.0 Å². The van der Waals surface area contributed by atoms with E-state index >= 15 is 0 Å². The second-order valence-corrected chi connectivity index (χ2v) is 3.13. The Morgan fingerprint density at radius 3 is 2.50 bits per heavy atom. The number of Topliss-reactive ketones (excluding diaryl/α,β-unsaturated/α-hetero) is 1. The van der Waals surface area contributed by atoms with Crippen LogP contribution in [0.4, 0.5) is 17.6 Å². The normalized spacial score (nSPS) is 22.8. The van der Waals surface area contributed by atoms with Crippen molar-refractivity contribution in [2.24, 2.45) is 5.92 Å². The first-order valence-corrected chi connectivity index (χ1v) is 3.96. The Morgan fingerprint density at radius 1 is 1.50 bits per heavy atom. The van der Waals surface area contributed by atoms with Crippen molar-refractivity contribution in [1.29, 1.82) is 0 Å². The maximum atomic E-state index is 12.7. The number of carbonyl (C=O) groups is 1. The fourth-order valence-electron chi connectivity index (χ4n) is 1.20. The van der Waals surface area contributed by atoms with Crippen molar-refractivity contribution in [3.63, 3.8) is 0 Å². The van der Waals surface area contributed by atoms with Gasteiger partial charge in [-0.15, -0.1) is 0 Å². The molecule has 0 aromatic carbocycles. The highest BCUT2D eigenvalue weighted by molar-refractivity contribution is 5.81. The summed E-state index contributed by atoms with van der Waals surface area (Å²) in [6, 6.07) is 0. The Hall–Kier alpha value is -1.13. The summed E-state index contributed by atoms with van der Waals surface area (Å²) in [5, 5.41) is 0. The Kier molecular flexibility index (Phi) is 2.78. The van der Waals surface area contributed by atoms with Crippen LogP contribution in [-0.2, 0) is 4.79 Å². The number of alkyl halides is 3. The van der Waals surface area contributed by atoms with Crippen LogP contribution in [0.3, 0.4) is 0 Å². The quantitative estimate of drug-likeness (QED) is 0.605. The number of ketones is 1. The molecule has 78 valence electrons. The lowest BCUT2D eigenvalue weighted by Crippen LogP contribution is -2.18. The van der Waals surface area contributed by atoms with Gasteiger partial charge in [0.1, 0.15) is 11.6 Å². The first-order chi connectivity index (χ1) is 6.30. The third kappa shape index (κ3) is 2.43. The molecule has 0 aromatic rings. The number of carbonyl (C=O) groups excluding carboxylic acids is 1. The molecule has 1 unspecified atom stereocenters. The van der Waals surface area contributed by atoms with Gasteiger partial charge in [-0.25, -0.2) is 4.39 Å². The molecule has 5 heteroatoms. The molecule has 0 bridgehead atoms. The van der Waals surface area contributed by atoms with Gasteiger partial charge in [0.15, 0.2) is 0 Å². The van der Waals surface area contributed by atoms with Crippen LogP contribution in [0.2, 0.25) is 0 Å². The van der Waals surface area contributed by atoms with Crippen molar-refractivity contribution in [3.05, 3.63) is 23.6 Å². The van der Waals surface area contributed by atoms with Crippen LogP contribution < -0.4 is 0 Å². The predicted molar refractivity (Wildman–Crippen MR) is 42.1 cm³/mol. The monoisotopic (exact) mass is 208 g/mol. The van der Waals surface area contributed by atoms with Crippen LogP contribution >= 0.6 is 0 Å². The second-order valence-electron chi connectivity index (χ2n) is 3.13. The lowest BCUT2D eigenvalue weighted by molar-refractivity contribution is -0.119. The van der Waals surface area contributed by atoms with E-state index in [9.17, 15) is 22.4 Å². The maximum Gasteiger partial charge on any atom is 0.416 e. The van der Waals surface area contributed by atoms with Crippen LogP contribution in [0.25, 0.3) is 0 Å². The zero-order valence-corrected chi connectivity index (χ0v) is 7.36. The molecule has 0 radical (unpaired) electrons. The molecule has 0 aliphatic heterocycles. The maximum absolute atomic E-state index is 12.7. The van der Waals surface area contributed by atoms with Gasteiger partial charge in [0, 0.05) is 12.3 Å². The molecule has 0 saturated carbocycles. The molecule has 0 spiro atoms. The van der Waals surface area contributed by atoms with Gasteiger partial charge in [-0.2, -0.15) is 13.2 Å². The third-order valence-electron chi connectivity index (χ3n) is 1.96.